The summed E-state index contributed by atoms with van der Waals surface area (Å²) < 4.78 is 5.61. The van der Waals surface area contributed by atoms with Gasteiger partial charge in [-0.3, -0.25) is 15.2 Å². The van der Waals surface area contributed by atoms with E-state index in [1.807, 2.05) is 30.3 Å². The number of nitrogens with one attached hydrogen (secondary N) is 2. The summed E-state index contributed by atoms with van der Waals surface area (Å²) in [7, 11) is 1.66. The van der Waals surface area contributed by atoms with Crippen LogP contribution in [0.3, 0.4) is 0 Å². The van der Waals surface area contributed by atoms with Gasteiger partial charge in [0, 0.05) is 25.1 Å². The van der Waals surface area contributed by atoms with E-state index in [0.717, 1.165) is 16.7 Å². The largest absolute Gasteiger partial charge is 0.494 e. The average molecular weight is 259 g/mol. The van der Waals surface area contributed by atoms with Crippen LogP contribution in [-0.2, 0) is 4.79 Å². The first-order chi connectivity index (χ1) is 9.29. The Bertz CT molecular complexity index is 557. The topological polar surface area (TPSA) is 63.2 Å². The van der Waals surface area contributed by atoms with Gasteiger partial charge in [-0.15, -0.1) is 0 Å². The fraction of sp³-hybridized carbons (Fsp3) is 0.286. The van der Waals surface area contributed by atoms with E-state index >= 15 is 0 Å². The molecule has 0 spiro atoms. The van der Waals surface area contributed by atoms with Gasteiger partial charge in [0.15, 0.2) is 0 Å². The van der Waals surface area contributed by atoms with Crippen molar-refractivity contribution in [2.24, 2.45) is 0 Å². The van der Waals surface area contributed by atoms with Crippen molar-refractivity contribution in [3.63, 3.8) is 0 Å². The molecule has 0 aliphatic carbocycles. The highest BCUT2D eigenvalue weighted by atomic mass is 16.5. The van der Waals surface area contributed by atoms with Crippen molar-refractivity contribution in [2.75, 3.05) is 13.7 Å². The third kappa shape index (κ3) is 3.93. The van der Waals surface area contributed by atoms with Crippen LogP contribution in [0, 0.1) is 0 Å². The minimum absolute atomic E-state index is 0.0335. The number of ether oxygens (including phenoxy) is 1. The van der Waals surface area contributed by atoms with Gasteiger partial charge in [-0.05, 0) is 30.7 Å². The van der Waals surface area contributed by atoms with Crippen molar-refractivity contribution in [3.8, 4) is 5.75 Å². The van der Waals surface area contributed by atoms with Crippen LogP contribution in [0.15, 0.2) is 36.5 Å². The van der Waals surface area contributed by atoms with Gasteiger partial charge >= 0.3 is 0 Å². The van der Waals surface area contributed by atoms with Gasteiger partial charge in [-0.1, -0.05) is 6.07 Å². The number of amides is 1. The molecule has 1 amide bonds. The summed E-state index contributed by atoms with van der Waals surface area (Å²) in [5, 5.41) is 1.05. The zero-order valence-electron chi connectivity index (χ0n) is 10.8. The van der Waals surface area contributed by atoms with E-state index in [1.165, 1.54) is 0 Å². The van der Waals surface area contributed by atoms with Gasteiger partial charge < -0.3 is 4.74 Å². The predicted molar refractivity (Wildman–Crippen MR) is 73.7 cm³/mol. The molecule has 0 atom stereocenters. The monoisotopic (exact) mass is 259 g/mol. The molecule has 1 aromatic heterocycles. The molecule has 0 saturated carbocycles. The average Bonchev–Trinajstić information content (AvgIpc) is 2.44. The summed E-state index contributed by atoms with van der Waals surface area (Å²) in [5.41, 5.74) is 6.06. The first-order valence-electron chi connectivity index (χ1n) is 6.23. The molecule has 100 valence electrons. The Labute approximate surface area is 112 Å². The molecule has 0 fully saturated rings. The van der Waals surface area contributed by atoms with Gasteiger partial charge in [0.1, 0.15) is 5.75 Å². The van der Waals surface area contributed by atoms with Gasteiger partial charge in [-0.25, -0.2) is 5.43 Å². The molecule has 0 saturated heterocycles. The lowest BCUT2D eigenvalue weighted by Gasteiger charge is -2.07. The summed E-state index contributed by atoms with van der Waals surface area (Å²) >= 11 is 0. The maximum absolute atomic E-state index is 11.2. The summed E-state index contributed by atoms with van der Waals surface area (Å²) in [4.78, 5) is 15.4. The third-order valence-electron chi connectivity index (χ3n) is 2.66. The number of pyridine rings is 1. The van der Waals surface area contributed by atoms with Gasteiger partial charge in [0.05, 0.1) is 12.1 Å². The lowest BCUT2D eigenvalue weighted by Crippen LogP contribution is -2.34. The molecule has 2 aromatic rings. The van der Waals surface area contributed by atoms with Crippen molar-refractivity contribution < 1.29 is 9.53 Å². The van der Waals surface area contributed by atoms with E-state index in [9.17, 15) is 4.79 Å². The fourth-order valence-electron chi connectivity index (χ4n) is 1.77. The molecular weight excluding hydrogens is 242 g/mol. The molecule has 2 rings (SSSR count). The smallest absolute Gasteiger partial charge is 0.234 e. The fourth-order valence-corrected chi connectivity index (χ4v) is 1.77. The predicted octanol–water partition coefficient (Wildman–Crippen LogP) is 1.64. The standard InChI is InChI=1S/C14H17N3O2/c1-15-17-14(18)5-3-9-19-12-6-7-13-11(10-12)4-2-8-16-13/h2,4,6-8,10,15H,3,5,9H2,1H3,(H,17,18). The number of hydrazine groups is 1. The number of hydrogen-bond donors (Lipinski definition) is 2. The van der Waals surface area contributed by atoms with Crippen molar-refractivity contribution in [1.29, 1.82) is 0 Å². The lowest BCUT2D eigenvalue weighted by molar-refractivity contribution is -0.122. The van der Waals surface area contributed by atoms with Crippen LogP contribution in [-0.4, -0.2) is 24.5 Å². The second-order valence-electron chi connectivity index (χ2n) is 4.11. The Morgan fingerprint density at radius 1 is 1.37 bits per heavy atom. The number of hydrogen-bond acceptors (Lipinski definition) is 4. The molecule has 0 aliphatic heterocycles. The summed E-state index contributed by atoms with van der Waals surface area (Å²) in [6.07, 6.45) is 2.89. The van der Waals surface area contributed by atoms with E-state index in [2.05, 4.69) is 15.8 Å². The van der Waals surface area contributed by atoms with Crippen LogP contribution in [0.1, 0.15) is 12.8 Å². The molecule has 5 nitrogen and oxygen atoms in total. The zero-order chi connectivity index (χ0) is 13.5. The quantitative estimate of drug-likeness (QED) is 0.611. The van der Waals surface area contributed by atoms with Crippen LogP contribution < -0.4 is 15.6 Å². The van der Waals surface area contributed by atoms with Crippen LogP contribution in [0.4, 0.5) is 0 Å². The Morgan fingerprint density at radius 3 is 3.11 bits per heavy atom. The molecular formula is C14H17N3O2. The Balaban J connectivity index is 1.83. The molecule has 0 unspecified atom stereocenters. The number of carbonyl (C=O) groups excluding carboxylic acids is 1. The van der Waals surface area contributed by atoms with E-state index < -0.39 is 0 Å². The minimum Gasteiger partial charge on any atom is -0.494 e. The second-order valence-corrected chi connectivity index (χ2v) is 4.11. The number of rotatable bonds is 6. The molecule has 1 heterocycles. The van der Waals surface area contributed by atoms with E-state index in [1.54, 1.807) is 13.2 Å². The van der Waals surface area contributed by atoms with Crippen LogP contribution in [0.5, 0.6) is 5.75 Å². The summed E-state index contributed by atoms with van der Waals surface area (Å²) in [6.45, 7) is 0.517. The highest BCUT2D eigenvalue weighted by Gasteiger charge is 2.01. The highest BCUT2D eigenvalue weighted by Crippen LogP contribution is 2.18. The van der Waals surface area contributed by atoms with Crippen molar-refractivity contribution in [3.05, 3.63) is 36.5 Å². The van der Waals surface area contributed by atoms with Gasteiger partial charge in [0.25, 0.3) is 0 Å². The molecule has 0 aliphatic rings. The zero-order valence-corrected chi connectivity index (χ0v) is 10.8. The van der Waals surface area contributed by atoms with Crippen LogP contribution in [0.25, 0.3) is 10.9 Å². The number of nitrogens with zero attached hydrogens (tertiary/aromatic N) is 1. The van der Waals surface area contributed by atoms with E-state index in [0.29, 0.717) is 19.4 Å². The van der Waals surface area contributed by atoms with E-state index in [-0.39, 0.29) is 5.91 Å². The van der Waals surface area contributed by atoms with E-state index in [4.69, 9.17) is 4.74 Å². The second kappa shape index (κ2) is 6.70. The van der Waals surface area contributed by atoms with Crippen molar-refractivity contribution >= 4 is 16.8 Å². The Kier molecular flexibility index (Phi) is 4.69. The molecule has 5 heteroatoms. The normalized spacial score (nSPS) is 10.4. The summed E-state index contributed by atoms with van der Waals surface area (Å²) in [5.74, 6) is 0.767. The minimum atomic E-state index is -0.0335. The Hall–Kier alpha value is -2.14. The number of benzene rings is 1. The summed E-state index contributed by atoms with van der Waals surface area (Å²) in [6, 6.07) is 9.67. The molecule has 0 radical (unpaired) electrons. The number of fused-ring (bicyclic) bond motifs is 1. The third-order valence-corrected chi connectivity index (χ3v) is 2.66. The maximum Gasteiger partial charge on any atom is 0.234 e. The van der Waals surface area contributed by atoms with Gasteiger partial charge in [0.2, 0.25) is 5.91 Å². The van der Waals surface area contributed by atoms with Crippen LogP contribution in [0.2, 0.25) is 0 Å². The molecule has 2 N–H and O–H groups in total. The van der Waals surface area contributed by atoms with Crippen molar-refractivity contribution in [1.82, 2.24) is 15.8 Å². The first-order valence-corrected chi connectivity index (χ1v) is 6.23. The lowest BCUT2D eigenvalue weighted by atomic mass is 10.2. The SMILES string of the molecule is CNNC(=O)CCCOc1ccc2ncccc2c1. The van der Waals surface area contributed by atoms with Crippen molar-refractivity contribution in [2.45, 2.75) is 12.8 Å². The highest BCUT2D eigenvalue weighted by molar-refractivity contribution is 5.79. The van der Waals surface area contributed by atoms with Gasteiger partial charge in [-0.2, -0.15) is 0 Å². The first kappa shape index (κ1) is 13.3. The molecule has 19 heavy (non-hydrogen) atoms. The van der Waals surface area contributed by atoms with Crippen LogP contribution >= 0.6 is 0 Å². The maximum atomic E-state index is 11.2. The molecule has 0 bridgehead atoms. The Morgan fingerprint density at radius 2 is 2.26 bits per heavy atom. The number of carbonyl (C=O) groups is 1. The molecule has 1 aromatic carbocycles. The number of aromatic nitrogens is 1.